The zero-order valence-electron chi connectivity index (χ0n) is 14.9. The number of benzene rings is 1. The molecule has 1 amide bonds. The van der Waals surface area contributed by atoms with Gasteiger partial charge in [0.1, 0.15) is 16.1 Å². The Bertz CT molecular complexity index is 1120. The third kappa shape index (κ3) is 3.74. The first-order valence-corrected chi connectivity index (χ1v) is 9.37. The molecule has 0 aliphatic rings. The lowest BCUT2D eigenvalue weighted by Crippen LogP contribution is -2.21. The van der Waals surface area contributed by atoms with Gasteiger partial charge in [0.2, 0.25) is 5.55 Å². The monoisotopic (exact) mass is 404 g/mol. The molecule has 0 radical (unpaired) electrons. The number of anilines is 1. The number of carbonyl (C=O) groups is 2. The Morgan fingerprint density at radius 2 is 2.04 bits per heavy atom. The molecule has 0 spiro atoms. The van der Waals surface area contributed by atoms with Gasteiger partial charge >= 0.3 is 5.97 Å². The van der Waals surface area contributed by atoms with Crippen LogP contribution in [0.5, 0.6) is 0 Å². The molecule has 0 bridgehead atoms. The number of nitrogens with one attached hydrogen (secondary N) is 2. The molecule has 0 unspecified atom stereocenters. The highest BCUT2D eigenvalue weighted by molar-refractivity contribution is 7.16. The maximum Gasteiger partial charge on any atom is 0.341 e. The van der Waals surface area contributed by atoms with E-state index >= 15 is 0 Å². The summed E-state index contributed by atoms with van der Waals surface area (Å²) < 4.78 is 10.5. The van der Waals surface area contributed by atoms with Crippen molar-refractivity contribution in [1.29, 1.82) is 5.41 Å². The molecule has 3 aromatic rings. The minimum absolute atomic E-state index is 0.0447. The lowest BCUT2D eigenvalue weighted by molar-refractivity contribution is 0.0527. The number of aryl methyl sites for hydroxylation is 1. The maximum absolute atomic E-state index is 12.7. The van der Waals surface area contributed by atoms with Crippen LogP contribution in [0.4, 0.5) is 5.00 Å². The summed E-state index contributed by atoms with van der Waals surface area (Å²) in [7, 11) is 0. The van der Waals surface area contributed by atoms with Gasteiger partial charge in [-0.2, -0.15) is 0 Å². The summed E-state index contributed by atoms with van der Waals surface area (Å²) in [5, 5.41) is 12.2. The molecule has 0 atom stereocenters. The number of thiophene rings is 1. The molecule has 140 valence electrons. The molecular formula is C19H17ClN2O4S. The lowest BCUT2D eigenvalue weighted by Gasteiger charge is -2.08. The van der Waals surface area contributed by atoms with Gasteiger partial charge in [-0.3, -0.25) is 10.2 Å². The fourth-order valence-electron chi connectivity index (χ4n) is 2.61. The molecule has 0 saturated carbocycles. The summed E-state index contributed by atoms with van der Waals surface area (Å²) in [5.41, 5.74) is 1.32. The first kappa shape index (κ1) is 19.1. The van der Waals surface area contributed by atoms with Crippen LogP contribution in [0.15, 0.2) is 28.7 Å². The summed E-state index contributed by atoms with van der Waals surface area (Å²) in [6, 6.07) is 6.48. The quantitative estimate of drug-likeness (QED) is 0.618. The molecule has 0 aliphatic heterocycles. The number of amides is 1. The molecule has 2 aromatic heterocycles. The predicted octanol–water partition coefficient (Wildman–Crippen LogP) is 4.67. The Kier molecular flexibility index (Phi) is 5.34. The molecule has 8 heteroatoms. The van der Waals surface area contributed by atoms with Gasteiger partial charge in [0.05, 0.1) is 12.2 Å². The van der Waals surface area contributed by atoms with E-state index < -0.39 is 11.9 Å². The minimum atomic E-state index is -0.544. The number of halogens is 1. The van der Waals surface area contributed by atoms with E-state index in [1.54, 1.807) is 38.1 Å². The maximum atomic E-state index is 12.7. The first-order chi connectivity index (χ1) is 12.8. The van der Waals surface area contributed by atoms with Crippen molar-refractivity contribution in [1.82, 2.24) is 0 Å². The summed E-state index contributed by atoms with van der Waals surface area (Å²) >= 11 is 7.27. The van der Waals surface area contributed by atoms with E-state index in [1.165, 1.54) is 11.3 Å². The third-order valence-electron chi connectivity index (χ3n) is 4.06. The molecule has 6 nitrogen and oxygen atoms in total. The van der Waals surface area contributed by atoms with E-state index in [-0.39, 0.29) is 17.7 Å². The van der Waals surface area contributed by atoms with E-state index in [4.69, 9.17) is 26.2 Å². The van der Waals surface area contributed by atoms with Crippen LogP contribution in [-0.2, 0) is 4.74 Å². The highest BCUT2D eigenvalue weighted by atomic mass is 35.5. The van der Waals surface area contributed by atoms with Gasteiger partial charge in [-0.25, -0.2) is 4.79 Å². The lowest BCUT2D eigenvalue weighted by atomic mass is 10.1. The summed E-state index contributed by atoms with van der Waals surface area (Å²) in [4.78, 5) is 25.9. The molecule has 2 heterocycles. The zero-order chi connectivity index (χ0) is 19.7. The van der Waals surface area contributed by atoms with Crippen molar-refractivity contribution in [2.75, 3.05) is 11.9 Å². The number of esters is 1. The van der Waals surface area contributed by atoms with Crippen molar-refractivity contribution < 1.29 is 18.7 Å². The largest absolute Gasteiger partial charge is 0.462 e. The molecule has 0 fully saturated rings. The summed E-state index contributed by atoms with van der Waals surface area (Å²) in [6.07, 6.45) is 0. The number of fused-ring (bicyclic) bond motifs is 1. The van der Waals surface area contributed by atoms with Crippen LogP contribution in [0.2, 0.25) is 5.02 Å². The topological polar surface area (TPSA) is 92.4 Å². The van der Waals surface area contributed by atoms with Crippen molar-refractivity contribution >= 4 is 50.8 Å². The van der Waals surface area contributed by atoms with E-state index in [0.29, 0.717) is 26.6 Å². The number of carbonyl (C=O) groups excluding carboxylic acids is 2. The van der Waals surface area contributed by atoms with Gasteiger partial charge in [0.15, 0.2) is 0 Å². The number of ether oxygens (including phenoxy) is 1. The fraction of sp³-hybridized carbons (Fsp3) is 0.211. The average molecular weight is 405 g/mol. The van der Waals surface area contributed by atoms with Crippen LogP contribution in [0, 0.1) is 19.3 Å². The minimum Gasteiger partial charge on any atom is -0.462 e. The van der Waals surface area contributed by atoms with E-state index in [9.17, 15) is 9.59 Å². The normalized spacial score (nSPS) is 10.8. The van der Waals surface area contributed by atoms with E-state index in [2.05, 4.69) is 5.32 Å². The van der Waals surface area contributed by atoms with E-state index in [0.717, 1.165) is 10.4 Å². The van der Waals surface area contributed by atoms with Crippen molar-refractivity contribution in [3.05, 3.63) is 56.4 Å². The highest BCUT2D eigenvalue weighted by Crippen LogP contribution is 2.33. The van der Waals surface area contributed by atoms with Crippen molar-refractivity contribution in [2.24, 2.45) is 0 Å². The Hall–Kier alpha value is -2.64. The van der Waals surface area contributed by atoms with Crippen LogP contribution in [0.25, 0.3) is 11.0 Å². The predicted molar refractivity (Wildman–Crippen MR) is 105 cm³/mol. The molecule has 2 N–H and O–H groups in total. The van der Waals surface area contributed by atoms with Crippen LogP contribution in [0.3, 0.4) is 0 Å². The third-order valence-corrected chi connectivity index (χ3v) is 5.42. The van der Waals surface area contributed by atoms with Gasteiger partial charge in [0, 0.05) is 15.3 Å². The van der Waals surface area contributed by atoms with Crippen LogP contribution >= 0.6 is 22.9 Å². The van der Waals surface area contributed by atoms with Gasteiger partial charge < -0.3 is 14.5 Å². The van der Waals surface area contributed by atoms with Crippen LogP contribution in [0.1, 0.15) is 38.1 Å². The van der Waals surface area contributed by atoms with Gasteiger partial charge in [0.25, 0.3) is 5.91 Å². The van der Waals surface area contributed by atoms with Gasteiger partial charge in [-0.15, -0.1) is 11.3 Å². The van der Waals surface area contributed by atoms with Crippen molar-refractivity contribution in [2.45, 2.75) is 20.8 Å². The molecule has 0 saturated heterocycles. The average Bonchev–Trinajstić information content (AvgIpc) is 2.88. The van der Waals surface area contributed by atoms with Crippen LogP contribution in [-0.4, -0.2) is 18.5 Å². The van der Waals surface area contributed by atoms with Crippen molar-refractivity contribution in [3.8, 4) is 0 Å². The number of hydrogen-bond donors (Lipinski definition) is 2. The second kappa shape index (κ2) is 7.54. The first-order valence-electron chi connectivity index (χ1n) is 8.18. The Morgan fingerprint density at radius 3 is 2.74 bits per heavy atom. The number of hydrogen-bond acceptors (Lipinski definition) is 6. The fourth-order valence-corrected chi connectivity index (χ4v) is 3.84. The molecule has 27 heavy (non-hydrogen) atoms. The van der Waals surface area contributed by atoms with Crippen molar-refractivity contribution in [3.63, 3.8) is 0 Å². The van der Waals surface area contributed by atoms with E-state index in [1.807, 2.05) is 6.92 Å². The molecule has 0 aliphatic carbocycles. The Balaban J connectivity index is 2.00. The van der Waals surface area contributed by atoms with Crippen LogP contribution < -0.4 is 10.9 Å². The Labute approximate surface area is 164 Å². The second-order valence-electron chi connectivity index (χ2n) is 5.83. The zero-order valence-corrected chi connectivity index (χ0v) is 16.5. The second-order valence-corrected chi connectivity index (χ2v) is 7.49. The SMILES string of the molecule is CCOC(=O)c1c(NC(=O)c2cc3cc(Cl)ccc3oc2=N)sc(C)c1C. The van der Waals surface area contributed by atoms with Gasteiger partial charge in [-0.1, -0.05) is 11.6 Å². The summed E-state index contributed by atoms with van der Waals surface area (Å²) in [5.74, 6) is -1.03. The molecule has 3 rings (SSSR count). The summed E-state index contributed by atoms with van der Waals surface area (Å²) in [6.45, 7) is 5.62. The smallest absolute Gasteiger partial charge is 0.341 e. The number of rotatable bonds is 4. The highest BCUT2D eigenvalue weighted by Gasteiger charge is 2.23. The van der Waals surface area contributed by atoms with Gasteiger partial charge in [-0.05, 0) is 50.6 Å². The Morgan fingerprint density at radius 1 is 1.30 bits per heavy atom. The molecule has 1 aromatic carbocycles. The standard InChI is InChI=1S/C19H17ClN2O4S/c1-4-25-19(24)15-9(2)10(3)27-18(15)22-17(23)13-8-11-7-12(20)5-6-14(11)26-16(13)21/h5-8,21H,4H2,1-3H3,(H,22,23). The molecular weight excluding hydrogens is 388 g/mol.